The van der Waals surface area contributed by atoms with E-state index in [0.717, 1.165) is 22.6 Å². The Bertz CT molecular complexity index is 698. The summed E-state index contributed by atoms with van der Waals surface area (Å²) in [5.74, 6) is 0.483. The van der Waals surface area contributed by atoms with Crippen molar-refractivity contribution in [1.29, 1.82) is 0 Å². The van der Waals surface area contributed by atoms with E-state index in [4.69, 9.17) is 11.6 Å². The Hall–Kier alpha value is -2.06. The zero-order chi connectivity index (χ0) is 16.2. The predicted molar refractivity (Wildman–Crippen MR) is 94.4 cm³/mol. The van der Waals surface area contributed by atoms with Crippen molar-refractivity contribution in [2.45, 2.75) is 18.9 Å². The SMILES string of the molecule is C=CCN(Cc1ccccc1)C(=O)C1CC1c1ccccc1Cl. The quantitative estimate of drug-likeness (QED) is 0.707. The van der Waals surface area contributed by atoms with Crippen molar-refractivity contribution in [3.8, 4) is 0 Å². The highest BCUT2D eigenvalue weighted by molar-refractivity contribution is 6.31. The van der Waals surface area contributed by atoms with Gasteiger partial charge in [0.25, 0.3) is 0 Å². The van der Waals surface area contributed by atoms with Crippen molar-refractivity contribution in [1.82, 2.24) is 4.90 Å². The number of amides is 1. The molecule has 1 saturated carbocycles. The molecular formula is C20H20ClNO. The van der Waals surface area contributed by atoms with Crippen LogP contribution in [0, 0.1) is 5.92 Å². The molecule has 2 nitrogen and oxygen atoms in total. The van der Waals surface area contributed by atoms with Gasteiger partial charge in [0.2, 0.25) is 5.91 Å². The minimum absolute atomic E-state index is 0.0403. The van der Waals surface area contributed by atoms with Gasteiger partial charge in [0, 0.05) is 24.0 Å². The third-order valence-electron chi connectivity index (χ3n) is 4.29. The van der Waals surface area contributed by atoms with Gasteiger partial charge in [-0.25, -0.2) is 0 Å². The number of halogens is 1. The lowest BCUT2D eigenvalue weighted by molar-refractivity contribution is -0.132. The highest BCUT2D eigenvalue weighted by atomic mass is 35.5. The number of hydrogen-bond donors (Lipinski definition) is 0. The molecule has 0 saturated heterocycles. The predicted octanol–water partition coefficient (Wildman–Crippen LogP) is 4.66. The Morgan fingerprint density at radius 2 is 1.87 bits per heavy atom. The van der Waals surface area contributed by atoms with Gasteiger partial charge in [0.15, 0.2) is 0 Å². The minimum Gasteiger partial charge on any atom is -0.334 e. The molecule has 23 heavy (non-hydrogen) atoms. The number of benzene rings is 2. The van der Waals surface area contributed by atoms with Crippen LogP contribution in [0.25, 0.3) is 0 Å². The van der Waals surface area contributed by atoms with Crippen molar-refractivity contribution in [2.24, 2.45) is 5.92 Å². The monoisotopic (exact) mass is 325 g/mol. The molecule has 1 aliphatic carbocycles. The first kappa shape index (κ1) is 15.8. The van der Waals surface area contributed by atoms with Gasteiger partial charge in [-0.15, -0.1) is 6.58 Å². The van der Waals surface area contributed by atoms with Gasteiger partial charge in [-0.2, -0.15) is 0 Å². The van der Waals surface area contributed by atoms with Crippen molar-refractivity contribution in [3.63, 3.8) is 0 Å². The molecular weight excluding hydrogens is 306 g/mol. The van der Waals surface area contributed by atoms with E-state index in [0.29, 0.717) is 13.1 Å². The molecule has 1 amide bonds. The van der Waals surface area contributed by atoms with Crippen LogP contribution in [0.2, 0.25) is 5.02 Å². The fourth-order valence-corrected chi connectivity index (χ4v) is 3.29. The summed E-state index contributed by atoms with van der Waals surface area (Å²) in [5, 5.41) is 0.756. The molecule has 2 aromatic rings. The van der Waals surface area contributed by atoms with E-state index in [2.05, 4.69) is 6.58 Å². The Balaban J connectivity index is 1.70. The van der Waals surface area contributed by atoms with E-state index in [9.17, 15) is 4.79 Å². The fourth-order valence-electron chi connectivity index (χ4n) is 3.01. The second-order valence-electron chi connectivity index (χ2n) is 5.96. The zero-order valence-corrected chi connectivity index (χ0v) is 13.7. The van der Waals surface area contributed by atoms with Crippen molar-refractivity contribution in [3.05, 3.63) is 83.4 Å². The molecule has 2 atom stereocenters. The van der Waals surface area contributed by atoms with E-state index in [1.165, 1.54) is 0 Å². The average molecular weight is 326 g/mol. The van der Waals surface area contributed by atoms with Crippen LogP contribution in [0.1, 0.15) is 23.5 Å². The van der Waals surface area contributed by atoms with Gasteiger partial charge in [-0.05, 0) is 29.5 Å². The molecule has 0 heterocycles. The number of carbonyl (C=O) groups is 1. The first-order valence-electron chi connectivity index (χ1n) is 7.88. The van der Waals surface area contributed by atoms with Crippen LogP contribution in [-0.4, -0.2) is 17.4 Å². The standard InChI is InChI=1S/C20H20ClNO/c1-2-12-22(14-15-8-4-3-5-9-15)20(23)18-13-17(18)16-10-6-7-11-19(16)21/h2-11,17-18H,1,12-14H2. The second kappa shape index (κ2) is 7.01. The Kier molecular flexibility index (Phi) is 4.82. The normalized spacial score (nSPS) is 19.2. The van der Waals surface area contributed by atoms with Gasteiger partial charge < -0.3 is 4.90 Å². The number of carbonyl (C=O) groups excluding carboxylic acids is 1. The zero-order valence-electron chi connectivity index (χ0n) is 13.0. The molecule has 1 aliphatic rings. The molecule has 0 bridgehead atoms. The minimum atomic E-state index is 0.0403. The van der Waals surface area contributed by atoms with E-state index in [1.807, 2.05) is 59.5 Å². The van der Waals surface area contributed by atoms with Crippen molar-refractivity contribution >= 4 is 17.5 Å². The molecule has 2 aromatic carbocycles. The van der Waals surface area contributed by atoms with Crippen LogP contribution in [0.3, 0.4) is 0 Å². The molecule has 3 heteroatoms. The lowest BCUT2D eigenvalue weighted by Gasteiger charge is -2.21. The van der Waals surface area contributed by atoms with Gasteiger partial charge in [-0.1, -0.05) is 66.2 Å². The second-order valence-corrected chi connectivity index (χ2v) is 6.37. The maximum Gasteiger partial charge on any atom is 0.226 e. The summed E-state index contributed by atoms with van der Waals surface area (Å²) in [6, 6.07) is 17.9. The highest BCUT2D eigenvalue weighted by Gasteiger charge is 2.46. The van der Waals surface area contributed by atoms with Crippen molar-refractivity contribution < 1.29 is 4.79 Å². The topological polar surface area (TPSA) is 20.3 Å². The smallest absolute Gasteiger partial charge is 0.226 e. The van der Waals surface area contributed by atoms with Crippen LogP contribution in [0.15, 0.2) is 67.3 Å². The first-order valence-corrected chi connectivity index (χ1v) is 8.26. The van der Waals surface area contributed by atoms with Gasteiger partial charge >= 0.3 is 0 Å². The van der Waals surface area contributed by atoms with Gasteiger partial charge in [-0.3, -0.25) is 4.79 Å². The molecule has 118 valence electrons. The largest absolute Gasteiger partial charge is 0.334 e. The Morgan fingerprint density at radius 3 is 2.57 bits per heavy atom. The summed E-state index contributed by atoms with van der Waals surface area (Å²) < 4.78 is 0. The first-order chi connectivity index (χ1) is 11.2. The van der Waals surface area contributed by atoms with Crippen LogP contribution >= 0.6 is 11.6 Å². The highest BCUT2D eigenvalue weighted by Crippen LogP contribution is 2.50. The molecule has 3 rings (SSSR count). The Morgan fingerprint density at radius 1 is 1.17 bits per heavy atom. The van der Waals surface area contributed by atoms with E-state index in [-0.39, 0.29) is 17.7 Å². The lowest BCUT2D eigenvalue weighted by Crippen LogP contribution is -2.32. The van der Waals surface area contributed by atoms with Gasteiger partial charge in [0.1, 0.15) is 0 Å². The van der Waals surface area contributed by atoms with E-state index >= 15 is 0 Å². The average Bonchev–Trinajstić information content (AvgIpc) is 3.36. The van der Waals surface area contributed by atoms with Crippen LogP contribution in [0.5, 0.6) is 0 Å². The summed E-state index contributed by atoms with van der Waals surface area (Å²) in [5.41, 5.74) is 2.23. The number of hydrogen-bond acceptors (Lipinski definition) is 1. The molecule has 1 fully saturated rings. The summed E-state index contributed by atoms with van der Waals surface area (Å²) in [6.45, 7) is 4.97. The summed E-state index contributed by atoms with van der Waals surface area (Å²) in [4.78, 5) is 14.7. The third kappa shape index (κ3) is 3.65. The van der Waals surface area contributed by atoms with Crippen LogP contribution < -0.4 is 0 Å². The lowest BCUT2D eigenvalue weighted by atomic mass is 10.1. The summed E-state index contributed by atoms with van der Waals surface area (Å²) in [6.07, 6.45) is 2.67. The molecule has 2 unspecified atom stereocenters. The van der Waals surface area contributed by atoms with Crippen LogP contribution in [-0.2, 0) is 11.3 Å². The molecule has 0 aliphatic heterocycles. The van der Waals surface area contributed by atoms with E-state index < -0.39 is 0 Å². The maximum absolute atomic E-state index is 12.8. The fraction of sp³-hybridized carbons (Fsp3) is 0.250. The van der Waals surface area contributed by atoms with E-state index in [1.54, 1.807) is 6.08 Å². The van der Waals surface area contributed by atoms with Gasteiger partial charge in [0.05, 0.1) is 0 Å². The van der Waals surface area contributed by atoms with Crippen molar-refractivity contribution in [2.75, 3.05) is 6.54 Å². The molecule has 0 aromatic heterocycles. The molecule has 0 N–H and O–H groups in total. The summed E-state index contributed by atoms with van der Waals surface area (Å²) in [7, 11) is 0. The Labute approximate surface area is 142 Å². The molecule has 0 spiro atoms. The number of nitrogens with zero attached hydrogens (tertiary/aromatic N) is 1. The summed E-state index contributed by atoms with van der Waals surface area (Å²) >= 11 is 6.26. The maximum atomic E-state index is 12.8. The molecule has 0 radical (unpaired) electrons. The van der Waals surface area contributed by atoms with Crippen LogP contribution in [0.4, 0.5) is 0 Å². The number of rotatable bonds is 6. The third-order valence-corrected chi connectivity index (χ3v) is 4.63.